The van der Waals surface area contributed by atoms with Crippen LogP contribution in [0.3, 0.4) is 0 Å². The molecule has 112 valence electrons. The molecule has 1 aliphatic rings. The molecule has 5 nitrogen and oxygen atoms in total. The minimum atomic E-state index is -1.01. The van der Waals surface area contributed by atoms with Gasteiger partial charge in [0.2, 0.25) is 0 Å². The Kier molecular flexibility index (Phi) is 5.80. The number of allylic oxidation sites excluding steroid dienone is 2. The van der Waals surface area contributed by atoms with Gasteiger partial charge in [-0.2, -0.15) is 11.8 Å². The molecule has 0 fully saturated rings. The molecule has 0 aliphatic heterocycles. The first-order valence-corrected chi connectivity index (χ1v) is 7.86. The summed E-state index contributed by atoms with van der Waals surface area (Å²) in [6, 6.07) is -0.870. The second-order valence-electron chi connectivity index (χ2n) is 5.71. The van der Waals surface area contributed by atoms with Gasteiger partial charge in [0.1, 0.15) is 11.8 Å². The first-order chi connectivity index (χ1) is 9.26. The number of ketones is 1. The van der Waals surface area contributed by atoms with Gasteiger partial charge < -0.3 is 10.2 Å². The molecule has 0 aromatic rings. The van der Waals surface area contributed by atoms with E-state index in [1.807, 2.05) is 20.1 Å². The zero-order valence-electron chi connectivity index (χ0n) is 12.0. The quantitative estimate of drug-likeness (QED) is 0.736. The van der Waals surface area contributed by atoms with Gasteiger partial charge in [0, 0.05) is 19.1 Å². The molecular weight excluding hydrogens is 278 g/mol. The van der Waals surface area contributed by atoms with Crippen molar-refractivity contribution in [2.45, 2.75) is 39.2 Å². The van der Waals surface area contributed by atoms with Gasteiger partial charge in [-0.25, -0.2) is 4.79 Å². The van der Waals surface area contributed by atoms with Gasteiger partial charge in [-0.1, -0.05) is 13.8 Å². The van der Waals surface area contributed by atoms with Crippen LogP contribution in [0.15, 0.2) is 16.3 Å². The predicted molar refractivity (Wildman–Crippen MR) is 80.6 cm³/mol. The number of aliphatic carboxylic acids is 1. The number of carbonyl (C=O) groups is 2. The first-order valence-electron chi connectivity index (χ1n) is 6.47. The van der Waals surface area contributed by atoms with Crippen molar-refractivity contribution < 1.29 is 19.8 Å². The number of rotatable bonds is 6. The van der Waals surface area contributed by atoms with E-state index in [-0.39, 0.29) is 22.5 Å². The molecule has 0 aromatic heterocycles. The van der Waals surface area contributed by atoms with Crippen LogP contribution < -0.4 is 0 Å². The van der Waals surface area contributed by atoms with E-state index in [0.29, 0.717) is 25.0 Å². The molecule has 0 bridgehead atoms. The van der Waals surface area contributed by atoms with Crippen LogP contribution in [0.1, 0.15) is 33.1 Å². The van der Waals surface area contributed by atoms with Crippen LogP contribution in [0.5, 0.6) is 0 Å². The molecule has 1 atom stereocenters. The number of aliphatic hydroxyl groups excluding tert-OH is 1. The summed E-state index contributed by atoms with van der Waals surface area (Å²) in [5.74, 6) is -0.514. The summed E-state index contributed by atoms with van der Waals surface area (Å²) in [5.41, 5.74) is -0.108. The van der Waals surface area contributed by atoms with E-state index in [4.69, 9.17) is 5.11 Å². The van der Waals surface area contributed by atoms with Crippen LogP contribution in [-0.2, 0) is 9.59 Å². The third kappa shape index (κ3) is 4.67. The fourth-order valence-corrected chi connectivity index (χ4v) is 2.56. The third-order valence-corrected chi connectivity index (χ3v) is 3.80. The van der Waals surface area contributed by atoms with Crippen molar-refractivity contribution in [3.8, 4) is 0 Å². The number of thioether (sulfide) groups is 1. The average Bonchev–Trinajstić information content (AvgIpc) is 2.29. The monoisotopic (exact) mass is 299 g/mol. The highest BCUT2D eigenvalue weighted by Crippen LogP contribution is 2.35. The second-order valence-corrected chi connectivity index (χ2v) is 6.70. The largest absolute Gasteiger partial charge is 0.511 e. The topological polar surface area (TPSA) is 87.0 Å². The lowest BCUT2D eigenvalue weighted by molar-refractivity contribution is -0.138. The maximum atomic E-state index is 12.0. The van der Waals surface area contributed by atoms with Crippen LogP contribution in [0.4, 0.5) is 0 Å². The third-order valence-electron chi connectivity index (χ3n) is 3.16. The van der Waals surface area contributed by atoms with Gasteiger partial charge in [-0.3, -0.25) is 9.79 Å². The number of aliphatic hydroxyl groups is 1. The van der Waals surface area contributed by atoms with Crippen molar-refractivity contribution in [1.82, 2.24) is 0 Å². The molecule has 0 saturated carbocycles. The number of nitrogens with zero attached hydrogens (tertiary/aromatic N) is 1. The maximum Gasteiger partial charge on any atom is 0.328 e. The van der Waals surface area contributed by atoms with Crippen molar-refractivity contribution in [2.75, 3.05) is 12.0 Å². The summed E-state index contributed by atoms with van der Waals surface area (Å²) in [6.45, 7) is 3.82. The van der Waals surface area contributed by atoms with E-state index >= 15 is 0 Å². The van der Waals surface area contributed by atoms with Crippen LogP contribution in [0, 0.1) is 5.41 Å². The molecule has 0 heterocycles. The summed E-state index contributed by atoms with van der Waals surface area (Å²) in [7, 11) is 0. The molecule has 0 spiro atoms. The minimum Gasteiger partial charge on any atom is -0.511 e. The molecular formula is C14H21NO4S. The average molecular weight is 299 g/mol. The molecule has 1 rings (SSSR count). The van der Waals surface area contributed by atoms with E-state index in [0.717, 1.165) is 0 Å². The number of aliphatic imine (C=N–C) groups is 1. The number of hydrogen-bond donors (Lipinski definition) is 2. The van der Waals surface area contributed by atoms with Crippen LogP contribution in [0.2, 0.25) is 0 Å². The van der Waals surface area contributed by atoms with Gasteiger partial charge >= 0.3 is 5.97 Å². The van der Waals surface area contributed by atoms with Crippen molar-refractivity contribution in [3.05, 3.63) is 11.3 Å². The summed E-state index contributed by atoms with van der Waals surface area (Å²) >= 11 is 1.54. The van der Waals surface area contributed by atoms with Crippen LogP contribution >= 0.6 is 11.8 Å². The number of carbonyl (C=O) groups excluding carboxylic acids is 1. The molecule has 0 aromatic carbocycles. The molecule has 0 amide bonds. The zero-order chi connectivity index (χ0) is 15.3. The van der Waals surface area contributed by atoms with Crippen molar-refractivity contribution in [1.29, 1.82) is 0 Å². The highest BCUT2D eigenvalue weighted by atomic mass is 32.2. The molecule has 2 N–H and O–H groups in total. The van der Waals surface area contributed by atoms with E-state index in [1.165, 1.54) is 6.21 Å². The normalized spacial score (nSPS) is 20.4. The SMILES string of the molecule is CSCC[C@H](N=CC1=C(O)CC(C)(C)CC1=O)C(=O)O. The smallest absolute Gasteiger partial charge is 0.328 e. The fraction of sp³-hybridized carbons (Fsp3) is 0.643. The lowest BCUT2D eigenvalue weighted by Gasteiger charge is -2.28. The number of hydrogen-bond acceptors (Lipinski definition) is 5. The minimum absolute atomic E-state index is 0.00371. The second kappa shape index (κ2) is 6.92. The molecule has 6 heteroatoms. The fourth-order valence-electron chi connectivity index (χ4n) is 2.10. The van der Waals surface area contributed by atoms with Crippen molar-refractivity contribution in [2.24, 2.45) is 10.4 Å². The van der Waals surface area contributed by atoms with Crippen LogP contribution in [0.25, 0.3) is 0 Å². The van der Waals surface area contributed by atoms with E-state index in [1.54, 1.807) is 11.8 Å². The standard InChI is InChI=1S/C14H21NO4S/c1-14(2)6-11(16)9(12(17)7-14)8-15-10(13(18)19)4-5-20-3/h8,10,16H,4-7H2,1-3H3,(H,18,19)/t10-/m0/s1. The van der Waals surface area contributed by atoms with Gasteiger partial charge in [0.15, 0.2) is 5.78 Å². The lowest BCUT2D eigenvalue weighted by Crippen LogP contribution is -2.27. The molecule has 0 radical (unpaired) electrons. The summed E-state index contributed by atoms with van der Waals surface area (Å²) in [4.78, 5) is 27.0. The number of carboxylic acid groups (broad SMARTS) is 1. The number of Topliss-reactive ketones (excluding diaryl/α,β-unsaturated/α-hetero) is 1. The Labute approximate surface area is 123 Å². The van der Waals surface area contributed by atoms with Gasteiger partial charge in [-0.15, -0.1) is 0 Å². The maximum absolute atomic E-state index is 12.0. The summed E-state index contributed by atoms with van der Waals surface area (Å²) in [6.07, 6.45) is 4.26. The van der Waals surface area contributed by atoms with Crippen LogP contribution in [-0.4, -0.2) is 46.2 Å². The molecule has 0 saturated heterocycles. The van der Waals surface area contributed by atoms with E-state index in [9.17, 15) is 14.7 Å². The van der Waals surface area contributed by atoms with E-state index in [2.05, 4.69) is 4.99 Å². The zero-order valence-corrected chi connectivity index (χ0v) is 12.9. The van der Waals surface area contributed by atoms with Gasteiger partial charge in [0.05, 0.1) is 5.57 Å². The Bertz CT molecular complexity index is 454. The first kappa shape index (κ1) is 16.8. The highest BCUT2D eigenvalue weighted by molar-refractivity contribution is 7.98. The van der Waals surface area contributed by atoms with Crippen molar-refractivity contribution in [3.63, 3.8) is 0 Å². The lowest BCUT2D eigenvalue weighted by atomic mass is 9.77. The van der Waals surface area contributed by atoms with Gasteiger partial charge in [-0.05, 0) is 23.8 Å². The Morgan fingerprint density at radius 1 is 1.50 bits per heavy atom. The molecule has 1 aliphatic carbocycles. The Morgan fingerprint density at radius 2 is 2.15 bits per heavy atom. The summed E-state index contributed by atoms with van der Waals surface area (Å²) in [5, 5.41) is 19.0. The Morgan fingerprint density at radius 3 is 2.65 bits per heavy atom. The Balaban J connectivity index is 2.86. The molecule has 0 unspecified atom stereocenters. The highest BCUT2D eigenvalue weighted by Gasteiger charge is 2.32. The van der Waals surface area contributed by atoms with E-state index < -0.39 is 12.0 Å². The number of carboxylic acids is 1. The van der Waals surface area contributed by atoms with Gasteiger partial charge in [0.25, 0.3) is 0 Å². The molecule has 20 heavy (non-hydrogen) atoms. The Hall–Kier alpha value is -1.30. The van der Waals surface area contributed by atoms with Crippen molar-refractivity contribution >= 4 is 29.7 Å². The summed E-state index contributed by atoms with van der Waals surface area (Å²) < 4.78 is 0. The predicted octanol–water partition coefficient (Wildman–Crippen LogP) is 2.46.